The summed E-state index contributed by atoms with van der Waals surface area (Å²) in [5.74, 6) is -1.99. The number of Topliss-reactive ketones (excluding diaryl/α,β-unsaturated/α-hetero) is 2. The lowest BCUT2D eigenvalue weighted by Crippen LogP contribution is -2.37. The maximum Gasteiger partial charge on any atom is 0.430 e. The average Bonchev–Trinajstić information content (AvgIpc) is 4.00. The number of likely N-dealkylation sites (tertiary alicyclic amines) is 2. The number of benzene rings is 4. The number of halogens is 3. The Morgan fingerprint density at radius 2 is 1.23 bits per heavy atom. The standard InChI is InChI=1S/C28H27N5O.C27H25N5O.C2HF3O2/c1-29-25-8-4-3-7-23(25)19-33-15-5-6-20(18-33)16-27(34)22-9-10-26-24(17-22)28(31-32(26)2)21-11-13-30-14-12-21;1-28-24-7-3-2-6-22(24)18-32-14-4-5-19(17-32)15-26(33)21-8-9-25-23(16-21)27(31-30-25)20-10-12-29-13-11-20;3-2(4,5)1(6)7/h3-4,7-14,17,20H,5-6,15-16,18-19H2,2H3;2-3,6-13,16,19H,4-5,14-15,17-18H2,(H,30,31);(H,6,7). The zero-order valence-corrected chi connectivity index (χ0v) is 40.7. The van der Waals surface area contributed by atoms with E-state index in [1.807, 2.05) is 133 Å². The van der Waals surface area contributed by atoms with Crippen molar-refractivity contribution >= 4 is 50.7 Å². The lowest BCUT2D eigenvalue weighted by Gasteiger charge is -2.32. The minimum atomic E-state index is -5.19. The van der Waals surface area contributed by atoms with Crippen LogP contribution in [0.2, 0.25) is 0 Å². The molecular formula is C57H53F3N10O4. The lowest BCUT2D eigenvalue weighted by atomic mass is 9.90. The fourth-order valence-electron chi connectivity index (χ4n) is 9.79. The van der Waals surface area contributed by atoms with Gasteiger partial charge in [-0.05, 0) is 110 Å². The lowest BCUT2D eigenvalue weighted by molar-refractivity contribution is -0.377. The van der Waals surface area contributed by atoms with E-state index in [1.165, 1.54) is 0 Å². The van der Waals surface area contributed by atoms with Crippen LogP contribution in [0, 0.1) is 25.0 Å². The number of carbonyl (C=O) groups excluding carboxylic acids is 3. The fourth-order valence-corrected chi connectivity index (χ4v) is 9.79. The van der Waals surface area contributed by atoms with Gasteiger partial charge in [-0.2, -0.15) is 23.4 Å². The second-order valence-electron chi connectivity index (χ2n) is 18.6. The van der Waals surface area contributed by atoms with Crippen LogP contribution in [-0.2, 0) is 24.9 Å². The van der Waals surface area contributed by atoms with Crippen molar-refractivity contribution in [1.82, 2.24) is 34.8 Å². The molecule has 0 radical (unpaired) electrons. The predicted octanol–water partition coefficient (Wildman–Crippen LogP) is 10.0. The number of fused-ring (bicyclic) bond motifs is 2. The monoisotopic (exact) mass is 998 g/mol. The van der Waals surface area contributed by atoms with E-state index in [0.717, 1.165) is 143 Å². The number of para-hydroxylation sites is 2. The van der Waals surface area contributed by atoms with E-state index >= 15 is 0 Å². The number of rotatable bonds is 12. The molecule has 2 aliphatic heterocycles. The first-order valence-electron chi connectivity index (χ1n) is 24.3. The average molecular weight is 999 g/mol. The summed E-state index contributed by atoms with van der Waals surface area (Å²) in [5, 5.41) is 23.0. The van der Waals surface area contributed by atoms with Crippen LogP contribution in [0.25, 0.3) is 54.0 Å². The van der Waals surface area contributed by atoms with Crippen LogP contribution in [0.1, 0.15) is 70.4 Å². The second-order valence-corrected chi connectivity index (χ2v) is 18.6. The maximum atomic E-state index is 13.3. The normalized spacial score (nSPS) is 16.0. The van der Waals surface area contributed by atoms with Crippen molar-refractivity contribution in [2.75, 3.05) is 26.2 Å². The van der Waals surface area contributed by atoms with E-state index in [2.05, 4.69) is 44.8 Å². The van der Waals surface area contributed by atoms with Crippen LogP contribution in [0.5, 0.6) is 0 Å². The molecule has 2 unspecified atom stereocenters. The molecule has 0 spiro atoms. The van der Waals surface area contributed by atoms with E-state index in [0.29, 0.717) is 24.7 Å². The zero-order chi connectivity index (χ0) is 52.2. The molecule has 17 heteroatoms. The van der Waals surface area contributed by atoms with Crippen LogP contribution in [-0.4, -0.2) is 84.7 Å². The molecule has 4 aromatic heterocycles. The van der Waals surface area contributed by atoms with Gasteiger partial charge in [0, 0.05) is 104 Å². The number of H-pyrrole nitrogens is 2. The summed E-state index contributed by atoms with van der Waals surface area (Å²) in [6, 6.07) is 35.2. The van der Waals surface area contributed by atoms with Gasteiger partial charge in [-0.3, -0.25) is 24.4 Å². The van der Waals surface area contributed by atoms with Crippen molar-refractivity contribution in [2.24, 2.45) is 18.9 Å². The third kappa shape index (κ3) is 13.0. The Balaban J connectivity index is 0.000000175. The molecule has 2 aliphatic rings. The van der Waals surface area contributed by atoms with Gasteiger partial charge < -0.3 is 19.7 Å². The number of ketones is 2. The first-order valence-corrected chi connectivity index (χ1v) is 24.3. The SMILES string of the molecule is O=C([O-])C(F)(F)F.[C-]#[N+]c1ccccc1CN1CCCC(CC(=O)c2ccc3[nH]nc(-c4cc[nH+]cc4)c3c2)C1.[C-]#[N+]c1ccccc1CN1CCCC(CC(=O)c2ccc3c(c2)c(-c2ccncc2)nn3C)C1. The number of alkyl halides is 3. The molecule has 0 bridgehead atoms. The zero-order valence-electron chi connectivity index (χ0n) is 40.7. The molecule has 2 atom stereocenters. The quantitative estimate of drug-likeness (QED) is 0.0927. The Morgan fingerprint density at radius 3 is 1.77 bits per heavy atom. The number of piperidine rings is 2. The minimum Gasteiger partial charge on any atom is -0.542 e. The van der Waals surface area contributed by atoms with Gasteiger partial charge in [0.05, 0.1) is 24.2 Å². The number of aromatic amines is 2. The second kappa shape index (κ2) is 23.9. The largest absolute Gasteiger partial charge is 0.542 e. The number of aromatic nitrogens is 6. The third-order valence-electron chi connectivity index (χ3n) is 13.4. The summed E-state index contributed by atoms with van der Waals surface area (Å²) in [4.78, 5) is 54.5. The van der Waals surface area contributed by atoms with Gasteiger partial charge in [-0.1, -0.05) is 48.5 Å². The number of aryl methyl sites for hydroxylation is 1. The van der Waals surface area contributed by atoms with Gasteiger partial charge >= 0.3 is 6.18 Å². The van der Waals surface area contributed by atoms with Gasteiger partial charge in [0.15, 0.2) is 35.3 Å². The Morgan fingerprint density at radius 1 is 0.716 bits per heavy atom. The molecule has 0 aliphatic carbocycles. The highest BCUT2D eigenvalue weighted by molar-refractivity contribution is 6.03. The van der Waals surface area contributed by atoms with Gasteiger partial charge in [0.25, 0.3) is 0 Å². The van der Waals surface area contributed by atoms with Gasteiger partial charge in [0.1, 0.15) is 17.4 Å². The molecule has 2 saturated heterocycles. The molecule has 2 fully saturated rings. The van der Waals surface area contributed by atoms with Gasteiger partial charge in [0.2, 0.25) is 0 Å². The highest BCUT2D eigenvalue weighted by Gasteiger charge is 2.29. The van der Waals surface area contributed by atoms with Crippen molar-refractivity contribution in [3.8, 4) is 22.5 Å². The first-order chi connectivity index (χ1) is 35.8. The summed E-state index contributed by atoms with van der Waals surface area (Å²) in [7, 11) is 1.93. The molecule has 6 heterocycles. The number of pyridine rings is 2. The number of aliphatic carboxylic acids is 1. The Kier molecular flexibility index (Phi) is 16.8. The molecule has 8 aromatic rings. The van der Waals surface area contributed by atoms with Crippen LogP contribution >= 0.6 is 0 Å². The van der Waals surface area contributed by atoms with Crippen molar-refractivity contribution < 1.29 is 37.6 Å². The van der Waals surface area contributed by atoms with E-state index in [9.17, 15) is 22.8 Å². The number of carboxylic acid groups (broad SMARTS) is 1. The molecular weight excluding hydrogens is 946 g/mol. The molecule has 0 amide bonds. The molecule has 2 N–H and O–H groups in total. The summed E-state index contributed by atoms with van der Waals surface area (Å²) in [5.41, 5.74) is 10.7. The third-order valence-corrected chi connectivity index (χ3v) is 13.4. The highest BCUT2D eigenvalue weighted by atomic mass is 19.4. The van der Waals surface area contributed by atoms with Crippen molar-refractivity contribution in [1.29, 1.82) is 0 Å². The molecule has 74 heavy (non-hydrogen) atoms. The number of carbonyl (C=O) groups is 3. The number of hydrogen-bond donors (Lipinski definition) is 1. The van der Waals surface area contributed by atoms with E-state index in [4.69, 9.17) is 23.0 Å². The van der Waals surface area contributed by atoms with E-state index in [-0.39, 0.29) is 11.6 Å². The Bertz CT molecular complexity index is 3350. The van der Waals surface area contributed by atoms with Crippen molar-refractivity contribution in [3.63, 3.8) is 0 Å². The fraction of sp³-hybridized carbons (Fsp3) is 0.281. The molecule has 0 saturated carbocycles. The molecule has 14 nitrogen and oxygen atoms in total. The summed E-state index contributed by atoms with van der Waals surface area (Å²) >= 11 is 0. The number of hydrogen-bond acceptors (Lipinski definition) is 9. The Labute approximate surface area is 426 Å². The van der Waals surface area contributed by atoms with Crippen LogP contribution in [0.15, 0.2) is 134 Å². The smallest absolute Gasteiger partial charge is 0.430 e. The van der Waals surface area contributed by atoms with Gasteiger partial charge in [-0.15, -0.1) is 0 Å². The first kappa shape index (κ1) is 52.0. The predicted molar refractivity (Wildman–Crippen MR) is 272 cm³/mol. The molecule has 376 valence electrons. The van der Waals surface area contributed by atoms with E-state index < -0.39 is 12.1 Å². The minimum absolute atomic E-state index is 0.179. The summed E-state index contributed by atoms with van der Waals surface area (Å²) < 4.78 is 33.4. The van der Waals surface area contributed by atoms with Crippen LogP contribution < -0.4 is 10.1 Å². The van der Waals surface area contributed by atoms with Crippen molar-refractivity contribution in [2.45, 2.75) is 57.8 Å². The van der Waals surface area contributed by atoms with Crippen LogP contribution in [0.3, 0.4) is 0 Å². The Hall–Kier alpha value is -8.38. The number of carboxylic acids is 1. The molecule has 4 aromatic carbocycles. The topological polar surface area (TPSA) is 163 Å². The molecule has 10 rings (SSSR count). The highest BCUT2D eigenvalue weighted by Crippen LogP contribution is 2.32. The number of nitrogens with one attached hydrogen (secondary N) is 2. The van der Waals surface area contributed by atoms with Crippen LogP contribution in [0.4, 0.5) is 24.5 Å². The number of nitrogens with zero attached hydrogens (tertiary/aromatic N) is 8. The van der Waals surface area contributed by atoms with Crippen molar-refractivity contribution in [3.05, 3.63) is 179 Å². The van der Waals surface area contributed by atoms with Gasteiger partial charge in [-0.25, -0.2) is 14.7 Å². The maximum absolute atomic E-state index is 13.3. The summed E-state index contributed by atoms with van der Waals surface area (Å²) in [6.07, 6.45) is 7.42. The summed E-state index contributed by atoms with van der Waals surface area (Å²) in [6.45, 7) is 20.1. The van der Waals surface area contributed by atoms with E-state index in [1.54, 1.807) is 12.4 Å².